The van der Waals surface area contributed by atoms with Crippen LogP contribution in [0.1, 0.15) is 147 Å². The summed E-state index contributed by atoms with van der Waals surface area (Å²) in [4.78, 5) is 271. The lowest BCUT2D eigenvalue weighted by Gasteiger charge is -2.36. The lowest BCUT2D eigenvalue weighted by Crippen LogP contribution is -2.61. The van der Waals surface area contributed by atoms with Gasteiger partial charge in [-0.15, -0.1) is 11.8 Å². The predicted molar refractivity (Wildman–Crippen MR) is 506 cm³/mol. The number of nitrogens with zero attached hydrogens (tertiary/aromatic N) is 6. The van der Waals surface area contributed by atoms with Crippen LogP contribution in [0.5, 0.6) is 5.75 Å². The number of phenolic OH excluding ortho intramolecular Hbond substituents is 1. The van der Waals surface area contributed by atoms with Gasteiger partial charge in [-0.1, -0.05) is 102 Å². The Morgan fingerprint density at radius 3 is 1.68 bits per heavy atom. The number of aromatic hydroxyl groups is 1. The SMILES string of the molecule is CCCC[C@H]1C(=O)N(C)[C@@H](CCCC)C(=O)N[C@@H](CCCNC(=N)N)C(=O)N[C@H](C(=O)NCC(N)=O)CSCC(=O)N[C@@H](Cc2ccc(O)cc2)C(=O)N(C)[C@@H](C)C(=O)N[C@@H](CC(N)=O)C(=O)N2CCC[C@H]2C(=O)N[C@@H](Cc2cnc[nH]2)C(=O)N[C@@H](CC(C)C)C(=O)N2C[C@H](O)C[C@H]2C(=O)N[C@@H](Cc2c[nH]c3ccccc23)C(=O)N[C@@H](CCN)C(=O)N[C@@H](Cc2c[nH]c3ccccc23)C(=O)N1C. The zero-order chi connectivity index (χ0) is 100. The van der Waals surface area contributed by atoms with Gasteiger partial charge in [0.25, 0.3) is 0 Å². The average Bonchev–Trinajstić information content (AvgIpc) is 1.78. The minimum absolute atomic E-state index is 0.00828. The highest BCUT2D eigenvalue weighted by atomic mass is 32.2. The Kier molecular flexibility index (Phi) is 40.0. The van der Waals surface area contributed by atoms with E-state index in [1.165, 1.54) is 74.7 Å². The van der Waals surface area contributed by atoms with Crippen LogP contribution in [0.15, 0.2) is 97.7 Å². The van der Waals surface area contributed by atoms with E-state index in [-0.39, 0.29) is 115 Å². The van der Waals surface area contributed by atoms with Gasteiger partial charge in [0.2, 0.25) is 100 Å². The first-order chi connectivity index (χ1) is 65.3. The minimum Gasteiger partial charge on any atom is -0.508 e. The number of hydrogen-bond donors (Lipinski definition) is 21. The van der Waals surface area contributed by atoms with Crippen LogP contribution in [0.2, 0.25) is 0 Å². The molecule has 6 heterocycles. The van der Waals surface area contributed by atoms with Crippen molar-refractivity contribution in [2.45, 2.75) is 241 Å². The summed E-state index contributed by atoms with van der Waals surface area (Å²) in [5.74, 6) is -17.5. The van der Waals surface area contributed by atoms with Crippen LogP contribution < -0.4 is 81.4 Å². The van der Waals surface area contributed by atoms with Gasteiger partial charge in [0, 0.05) is 125 Å². The molecule has 0 unspecified atom stereocenters. The largest absolute Gasteiger partial charge is 0.508 e. The van der Waals surface area contributed by atoms with Gasteiger partial charge in [0.05, 0.1) is 31.1 Å². The summed E-state index contributed by atoms with van der Waals surface area (Å²) in [6.45, 7) is 6.97. The third-order valence-electron chi connectivity index (χ3n) is 24.6. The van der Waals surface area contributed by atoms with Gasteiger partial charge >= 0.3 is 0 Å². The van der Waals surface area contributed by atoms with Crippen LogP contribution in [-0.2, 0) is 107 Å². The molecule has 0 bridgehead atoms. The van der Waals surface area contributed by atoms with Crippen molar-refractivity contribution in [3.05, 3.63) is 120 Å². The van der Waals surface area contributed by atoms with E-state index >= 15 is 38.4 Å². The lowest BCUT2D eigenvalue weighted by molar-refractivity contribution is -0.149. The number of rotatable bonds is 27. The monoisotopic (exact) mass is 1920 g/mol. The number of nitrogens with one attached hydrogen (secondary N) is 15. The third-order valence-corrected chi connectivity index (χ3v) is 25.6. The first-order valence-electron chi connectivity index (χ1n) is 46.2. The number of phenols is 1. The van der Waals surface area contributed by atoms with Crippen molar-refractivity contribution in [2.75, 3.05) is 65.4 Å². The molecule has 17 amide bonds. The topological polar surface area (TPSA) is 667 Å². The third kappa shape index (κ3) is 30.1. The van der Waals surface area contributed by atoms with Crippen molar-refractivity contribution in [2.24, 2.45) is 28.9 Å². The summed E-state index contributed by atoms with van der Waals surface area (Å²) < 4.78 is 0. The van der Waals surface area contributed by atoms with Gasteiger partial charge in [-0.05, 0) is 112 Å². The molecule has 6 aromatic rings. The molecule has 3 aliphatic heterocycles. The molecule has 0 radical (unpaired) electrons. The molecule has 9 rings (SSSR count). The molecule has 0 saturated carbocycles. The Morgan fingerprint density at radius 2 is 1.08 bits per heavy atom. The number of aliphatic hydroxyl groups excluding tert-OH is 1. The molecular weight excluding hydrogens is 1790 g/mol. The maximum atomic E-state index is 15.9. The highest BCUT2D eigenvalue weighted by Crippen LogP contribution is 2.28. The van der Waals surface area contributed by atoms with E-state index in [4.69, 9.17) is 28.3 Å². The fraction of sp³-hybridized carbons (Fsp3) is 0.533. The van der Waals surface area contributed by atoms with Gasteiger partial charge in [-0.25, -0.2) is 4.98 Å². The predicted octanol–water partition coefficient (Wildman–Crippen LogP) is -2.57. The van der Waals surface area contributed by atoms with Gasteiger partial charge in [-0.3, -0.25) is 86.9 Å². The van der Waals surface area contributed by atoms with E-state index in [1.807, 2.05) is 13.8 Å². The van der Waals surface area contributed by atoms with Crippen molar-refractivity contribution in [1.82, 2.24) is 103 Å². The number of amides is 17. The number of aliphatic hydroxyl groups is 1. The summed E-state index contributed by atoms with van der Waals surface area (Å²) in [5.41, 5.74) is 26.2. The van der Waals surface area contributed by atoms with Crippen molar-refractivity contribution >= 4 is 140 Å². The number of thioether (sulfide) groups is 1. The number of likely N-dealkylation sites (N-methyl/N-ethyl adjacent to an activating group) is 3. The molecule has 3 fully saturated rings. The summed E-state index contributed by atoms with van der Waals surface area (Å²) in [5, 5.41) is 60.5. The zero-order valence-electron chi connectivity index (χ0n) is 78.4. The van der Waals surface area contributed by atoms with E-state index in [0.717, 1.165) is 26.5 Å². The summed E-state index contributed by atoms with van der Waals surface area (Å²) >= 11 is 0.766. The van der Waals surface area contributed by atoms with E-state index in [9.17, 15) is 53.4 Å². The van der Waals surface area contributed by atoms with Crippen LogP contribution in [0.4, 0.5) is 0 Å². The number of aromatic nitrogens is 4. The number of nitrogens with two attached hydrogens (primary N) is 4. The molecule has 3 saturated heterocycles. The fourth-order valence-corrected chi connectivity index (χ4v) is 17.9. The highest BCUT2D eigenvalue weighted by Gasteiger charge is 2.47. The number of H-pyrrole nitrogens is 3. The molecule has 0 spiro atoms. The number of carbonyl (C=O) groups excluding carboxylic acids is 17. The second-order valence-corrected chi connectivity index (χ2v) is 36.4. The number of unbranched alkanes of at least 4 members (excludes halogenated alkanes) is 2. The van der Waals surface area contributed by atoms with Crippen LogP contribution in [0, 0.1) is 11.3 Å². The van der Waals surface area contributed by atoms with Crippen molar-refractivity contribution < 1.29 is 91.7 Å². The van der Waals surface area contributed by atoms with Crippen molar-refractivity contribution in [3.63, 3.8) is 0 Å². The number of hydrogen-bond acceptors (Lipinski definition) is 23. The number of imidazole rings is 1. The molecule has 25 N–H and O–H groups in total. The molecule has 3 aromatic heterocycles. The average molecular weight is 1920 g/mol. The lowest BCUT2D eigenvalue weighted by atomic mass is 9.99. The molecule has 137 heavy (non-hydrogen) atoms. The number of carbonyl (C=O) groups is 17. The Bertz CT molecular complexity index is 5270. The van der Waals surface area contributed by atoms with Gasteiger partial charge in [0.1, 0.15) is 90.3 Å². The van der Waals surface area contributed by atoms with Crippen LogP contribution in [0.25, 0.3) is 21.8 Å². The number of primary amides is 2. The second-order valence-electron chi connectivity index (χ2n) is 35.4. The normalized spacial score (nSPS) is 24.6. The molecule has 44 nitrogen and oxygen atoms in total. The Balaban J connectivity index is 1.11. The minimum atomic E-state index is -1.78. The molecule has 3 aliphatic rings. The first kappa shape index (κ1) is 107. The Hall–Kier alpha value is -13.7. The summed E-state index contributed by atoms with van der Waals surface area (Å²) in [6, 6.07) is -1.48. The van der Waals surface area contributed by atoms with Gasteiger partial charge in [-0.2, -0.15) is 0 Å². The molecule has 3 aromatic carbocycles. The molecule has 0 aliphatic carbocycles. The van der Waals surface area contributed by atoms with Gasteiger partial charge in [0.15, 0.2) is 5.96 Å². The molecule has 15 atom stereocenters. The van der Waals surface area contributed by atoms with E-state index in [1.54, 1.807) is 74.8 Å². The van der Waals surface area contributed by atoms with Crippen molar-refractivity contribution in [3.8, 4) is 5.75 Å². The Labute approximate surface area is 797 Å². The highest BCUT2D eigenvalue weighted by molar-refractivity contribution is 8.00. The van der Waals surface area contributed by atoms with E-state index in [2.05, 4.69) is 78.4 Å². The van der Waals surface area contributed by atoms with Gasteiger partial charge < -0.3 is 131 Å². The van der Waals surface area contributed by atoms with Crippen LogP contribution in [-0.4, -0.2) is 317 Å². The van der Waals surface area contributed by atoms with Crippen LogP contribution >= 0.6 is 11.8 Å². The smallest absolute Gasteiger partial charge is 0.246 e. The first-order valence-corrected chi connectivity index (χ1v) is 47.3. The maximum absolute atomic E-state index is 15.9. The van der Waals surface area contributed by atoms with E-state index in [0.29, 0.717) is 69.9 Å². The van der Waals surface area contributed by atoms with Crippen molar-refractivity contribution in [1.29, 1.82) is 5.41 Å². The Morgan fingerprint density at radius 1 is 0.547 bits per heavy atom. The standard InChI is InChI=1S/C92H131N25O19S/c1-9-11-24-71-84(129)106-62(23-17-33-99-92(96)97)80(125)112-70(79(124)102-45-76(95)121)47-137-48-77(122)104-67(36-52-27-29-56(118)30-28-52)87(132)113(6)51(5)78(123)109-69(41-75(94)120)89(134)116-34-18-26-72(116)85(130)108-65(39-55-44-98-49-103-55)83(128)110-66(35-50(3)4)90(135)117-46-57(119)40-74(117)86(131)107-64(37-53-42-100-60-21-15-13-19-58(53)60)82(127)105-63(31-32-93)81(126)111-68(38-54-43-101-61-22-16-14-20-59(54)61)88(133)115(8)73(25-12-10-2)91(136)114(71)7/h13-16,19-22,27-30,42-44,49-51,57,62-74,100-101,118-119H,9-12,17-18,23-26,31-41,45-48,93H2,1-8H3,(H2,94,120)(H2,95,121)(H,98,103)(H,102,124)(H,104,122)(H,105,127)(H,106,129)(H,107,131)(H,108,130)(H,109,123)(H,110,128)(H,111,126)(H,112,125)(H4,96,97,99)/t51-,57+,62-,63-,64-,65-,66-,67-,68-,69-,70-,71-,72-,73-,74-/m0/s1. The van der Waals surface area contributed by atoms with Crippen LogP contribution in [0.3, 0.4) is 0 Å². The molecule has 45 heteroatoms. The number of aromatic amines is 3. The number of para-hydroxylation sites is 2. The number of fused-ring (bicyclic) bond motifs is 4. The van der Waals surface area contributed by atoms with E-state index < -0.39 is 228 Å². The number of benzene rings is 3. The molecule has 744 valence electrons. The molecular formula is C92H131N25O19S. The number of guanidine groups is 1. The fourth-order valence-electron chi connectivity index (χ4n) is 17.0. The summed E-state index contributed by atoms with van der Waals surface area (Å²) in [6.07, 6.45) is 3.76. The second kappa shape index (κ2) is 51.3. The zero-order valence-corrected chi connectivity index (χ0v) is 79.2. The quantitative estimate of drug-likeness (QED) is 0.0143. The maximum Gasteiger partial charge on any atom is 0.246 e. The summed E-state index contributed by atoms with van der Waals surface area (Å²) in [7, 11) is 3.96.